The number of halogens is 1. The van der Waals surface area contributed by atoms with Gasteiger partial charge in [-0.2, -0.15) is 5.26 Å². The Kier molecular flexibility index (Phi) is 6.48. The number of aromatic nitrogens is 1. The minimum absolute atomic E-state index is 0.302. The Morgan fingerprint density at radius 1 is 1.07 bits per heavy atom. The van der Waals surface area contributed by atoms with Gasteiger partial charge in [-0.25, -0.2) is 9.37 Å². The van der Waals surface area contributed by atoms with Crippen LogP contribution in [0.5, 0.6) is 0 Å². The van der Waals surface area contributed by atoms with Gasteiger partial charge in [-0.05, 0) is 71.8 Å². The number of nitrogens with zero attached hydrogens (tertiary/aromatic N) is 3. The second kappa shape index (κ2) is 9.23. The van der Waals surface area contributed by atoms with Crippen LogP contribution in [0.3, 0.4) is 0 Å². The summed E-state index contributed by atoms with van der Waals surface area (Å²) < 4.78 is 13.4. The van der Waals surface area contributed by atoms with Gasteiger partial charge in [0.2, 0.25) is 0 Å². The normalized spacial score (nSPS) is 11.0. The summed E-state index contributed by atoms with van der Waals surface area (Å²) in [6.07, 6.45) is 3.76. The standard InChI is InChI=1S/C25H25FN4/c1-17(2)18-7-11-22(12-8-18)28-25-23(16-27)20(13-14-30(3)4)15-24(29-25)19-5-9-21(26)10-6-19/h5-15,17H,1-4H3,(H,28,29)/b14-13+. The summed E-state index contributed by atoms with van der Waals surface area (Å²) in [6, 6.07) is 18.4. The molecule has 152 valence electrons. The molecule has 0 amide bonds. The molecule has 0 radical (unpaired) electrons. The maximum Gasteiger partial charge on any atom is 0.149 e. The monoisotopic (exact) mass is 400 g/mol. The van der Waals surface area contributed by atoms with Gasteiger partial charge in [0, 0.05) is 25.3 Å². The molecule has 0 unspecified atom stereocenters. The molecule has 1 aromatic heterocycles. The van der Waals surface area contributed by atoms with Crippen LogP contribution >= 0.6 is 0 Å². The molecule has 0 aliphatic heterocycles. The highest BCUT2D eigenvalue weighted by Gasteiger charge is 2.13. The van der Waals surface area contributed by atoms with E-state index in [1.165, 1.54) is 17.7 Å². The van der Waals surface area contributed by atoms with Crippen LogP contribution in [0.4, 0.5) is 15.9 Å². The lowest BCUT2D eigenvalue weighted by atomic mass is 10.0. The first-order chi connectivity index (χ1) is 14.4. The first-order valence-corrected chi connectivity index (χ1v) is 9.80. The van der Waals surface area contributed by atoms with Crippen LogP contribution in [0.15, 0.2) is 60.8 Å². The van der Waals surface area contributed by atoms with Crippen LogP contribution in [-0.2, 0) is 0 Å². The summed E-state index contributed by atoms with van der Waals surface area (Å²) in [6.45, 7) is 4.29. The van der Waals surface area contributed by atoms with Crippen molar-refractivity contribution < 1.29 is 4.39 Å². The molecule has 0 bridgehead atoms. The molecule has 0 aliphatic carbocycles. The van der Waals surface area contributed by atoms with Gasteiger partial charge >= 0.3 is 0 Å². The summed E-state index contributed by atoms with van der Waals surface area (Å²) in [5.41, 5.74) is 4.71. The van der Waals surface area contributed by atoms with E-state index in [1.807, 2.05) is 49.5 Å². The Morgan fingerprint density at radius 3 is 2.30 bits per heavy atom. The summed E-state index contributed by atoms with van der Waals surface area (Å²) in [5, 5.41) is 13.1. The van der Waals surface area contributed by atoms with E-state index in [0.717, 1.165) is 16.8 Å². The van der Waals surface area contributed by atoms with Crippen LogP contribution in [0.25, 0.3) is 17.3 Å². The Bertz CT molecular complexity index is 1080. The maximum absolute atomic E-state index is 13.4. The molecule has 1 N–H and O–H groups in total. The smallest absolute Gasteiger partial charge is 0.149 e. The molecule has 2 aromatic carbocycles. The topological polar surface area (TPSA) is 52.0 Å². The number of nitriles is 1. The van der Waals surface area contributed by atoms with Gasteiger partial charge in [0.15, 0.2) is 0 Å². The van der Waals surface area contributed by atoms with E-state index < -0.39 is 0 Å². The van der Waals surface area contributed by atoms with Gasteiger partial charge < -0.3 is 10.2 Å². The average molecular weight is 401 g/mol. The Morgan fingerprint density at radius 2 is 1.73 bits per heavy atom. The first kappa shape index (κ1) is 21.1. The van der Waals surface area contributed by atoms with Crippen molar-refractivity contribution in [1.29, 1.82) is 5.26 Å². The number of rotatable bonds is 6. The van der Waals surface area contributed by atoms with Crippen molar-refractivity contribution in [2.45, 2.75) is 19.8 Å². The lowest BCUT2D eigenvalue weighted by Crippen LogP contribution is -2.03. The quantitative estimate of drug-likeness (QED) is 0.538. The predicted octanol–water partition coefficient (Wildman–Crippen LogP) is 6.16. The van der Waals surface area contributed by atoms with Crippen molar-refractivity contribution in [2.75, 3.05) is 19.4 Å². The lowest BCUT2D eigenvalue weighted by molar-refractivity contribution is 0.567. The summed E-state index contributed by atoms with van der Waals surface area (Å²) in [5.74, 6) is 0.607. The van der Waals surface area contributed by atoms with Gasteiger partial charge in [-0.3, -0.25) is 0 Å². The van der Waals surface area contributed by atoms with Gasteiger partial charge in [0.05, 0.1) is 5.69 Å². The van der Waals surface area contributed by atoms with E-state index in [2.05, 4.69) is 42.4 Å². The minimum Gasteiger partial charge on any atom is -0.383 e. The molecule has 3 rings (SSSR count). The van der Waals surface area contributed by atoms with E-state index in [0.29, 0.717) is 23.0 Å². The number of anilines is 2. The van der Waals surface area contributed by atoms with Crippen LogP contribution in [0, 0.1) is 17.1 Å². The number of benzene rings is 2. The molecule has 0 saturated carbocycles. The third-order valence-corrected chi connectivity index (χ3v) is 4.69. The van der Waals surface area contributed by atoms with E-state index in [9.17, 15) is 9.65 Å². The van der Waals surface area contributed by atoms with Crippen molar-refractivity contribution >= 4 is 17.6 Å². The van der Waals surface area contributed by atoms with Gasteiger partial charge in [0.1, 0.15) is 23.3 Å². The molecular weight excluding hydrogens is 375 g/mol. The second-order valence-electron chi connectivity index (χ2n) is 7.62. The van der Waals surface area contributed by atoms with E-state index in [4.69, 9.17) is 0 Å². The summed E-state index contributed by atoms with van der Waals surface area (Å²) >= 11 is 0. The van der Waals surface area contributed by atoms with Crippen LogP contribution in [0.1, 0.15) is 36.5 Å². The molecule has 4 nitrogen and oxygen atoms in total. The predicted molar refractivity (Wildman–Crippen MR) is 121 cm³/mol. The van der Waals surface area contributed by atoms with Gasteiger partial charge in [0.25, 0.3) is 0 Å². The lowest BCUT2D eigenvalue weighted by Gasteiger charge is -2.14. The van der Waals surface area contributed by atoms with E-state index in [1.54, 1.807) is 12.1 Å². The van der Waals surface area contributed by atoms with Crippen LogP contribution in [-0.4, -0.2) is 24.0 Å². The highest BCUT2D eigenvalue weighted by Crippen LogP contribution is 2.29. The number of pyridine rings is 1. The fraction of sp³-hybridized carbons (Fsp3) is 0.200. The zero-order valence-corrected chi connectivity index (χ0v) is 17.6. The fourth-order valence-electron chi connectivity index (χ4n) is 2.99. The first-order valence-electron chi connectivity index (χ1n) is 9.80. The van der Waals surface area contributed by atoms with Crippen molar-refractivity contribution in [3.05, 3.63) is 83.3 Å². The molecule has 1 heterocycles. The van der Waals surface area contributed by atoms with Gasteiger partial charge in [-0.1, -0.05) is 26.0 Å². The number of hydrogen-bond acceptors (Lipinski definition) is 4. The van der Waals surface area contributed by atoms with Crippen molar-refractivity contribution in [3.8, 4) is 17.3 Å². The van der Waals surface area contributed by atoms with Crippen molar-refractivity contribution in [3.63, 3.8) is 0 Å². The highest BCUT2D eigenvalue weighted by atomic mass is 19.1. The fourth-order valence-corrected chi connectivity index (χ4v) is 2.99. The Hall–Kier alpha value is -3.65. The highest BCUT2D eigenvalue weighted by molar-refractivity contribution is 5.76. The van der Waals surface area contributed by atoms with Crippen LogP contribution in [0.2, 0.25) is 0 Å². The second-order valence-corrected chi connectivity index (χ2v) is 7.62. The molecule has 0 fully saturated rings. The minimum atomic E-state index is -0.302. The molecule has 0 aliphatic rings. The summed E-state index contributed by atoms with van der Waals surface area (Å²) in [4.78, 5) is 6.58. The van der Waals surface area contributed by atoms with E-state index in [-0.39, 0.29) is 5.82 Å². The average Bonchev–Trinajstić information content (AvgIpc) is 2.73. The molecule has 5 heteroatoms. The van der Waals surface area contributed by atoms with Crippen molar-refractivity contribution in [2.24, 2.45) is 0 Å². The molecule has 30 heavy (non-hydrogen) atoms. The zero-order valence-electron chi connectivity index (χ0n) is 17.6. The molecule has 0 atom stereocenters. The molecule has 0 spiro atoms. The SMILES string of the molecule is CC(C)c1ccc(Nc2nc(-c3ccc(F)cc3)cc(/C=C/N(C)C)c2C#N)cc1. The maximum atomic E-state index is 13.4. The Labute approximate surface area is 177 Å². The summed E-state index contributed by atoms with van der Waals surface area (Å²) in [7, 11) is 3.83. The third kappa shape index (κ3) is 5.03. The third-order valence-electron chi connectivity index (χ3n) is 4.69. The molecule has 3 aromatic rings. The molecule has 0 saturated heterocycles. The zero-order chi connectivity index (χ0) is 21.7. The number of hydrogen-bond donors (Lipinski definition) is 1. The number of nitrogens with one attached hydrogen (secondary N) is 1. The Balaban J connectivity index is 2.09. The van der Waals surface area contributed by atoms with Crippen LogP contribution < -0.4 is 5.32 Å². The van der Waals surface area contributed by atoms with Gasteiger partial charge in [-0.15, -0.1) is 0 Å². The van der Waals surface area contributed by atoms with Crippen molar-refractivity contribution in [1.82, 2.24) is 9.88 Å². The van der Waals surface area contributed by atoms with E-state index >= 15 is 0 Å². The molecular formula is C25H25FN4. The largest absolute Gasteiger partial charge is 0.383 e.